The third kappa shape index (κ3) is 2.37. The van der Waals surface area contributed by atoms with Crippen molar-refractivity contribution in [2.24, 2.45) is 0 Å². The number of hydrogen-bond donors (Lipinski definition) is 3. The van der Waals surface area contributed by atoms with Crippen molar-refractivity contribution in [1.29, 1.82) is 0 Å². The van der Waals surface area contributed by atoms with E-state index < -0.39 is 0 Å². The predicted molar refractivity (Wildman–Crippen MR) is 80.8 cm³/mol. The van der Waals surface area contributed by atoms with Gasteiger partial charge in [-0.15, -0.1) is 11.3 Å². The number of H-pyrrole nitrogens is 1. The molecule has 3 heterocycles. The van der Waals surface area contributed by atoms with Crippen molar-refractivity contribution in [3.63, 3.8) is 0 Å². The van der Waals surface area contributed by atoms with Crippen LogP contribution in [0.3, 0.4) is 0 Å². The molecule has 20 heavy (non-hydrogen) atoms. The molecule has 0 saturated heterocycles. The zero-order chi connectivity index (χ0) is 14.1. The van der Waals surface area contributed by atoms with Crippen LogP contribution in [0.25, 0.3) is 11.3 Å². The Kier molecular flexibility index (Phi) is 3.36. The Morgan fingerprint density at radius 2 is 2.30 bits per heavy atom. The Hall–Kier alpha value is -2.00. The normalized spacial score (nSPS) is 12.5. The van der Waals surface area contributed by atoms with Gasteiger partial charge in [-0.1, -0.05) is 0 Å². The molecular weight excluding hydrogens is 294 g/mol. The smallest absolute Gasteiger partial charge is 0.148 e. The number of aromatic nitrogens is 5. The van der Waals surface area contributed by atoms with E-state index in [2.05, 4.69) is 29.9 Å². The number of aryl methyl sites for hydroxylation is 1. The van der Waals surface area contributed by atoms with Gasteiger partial charge in [0.2, 0.25) is 0 Å². The molecule has 0 radical (unpaired) electrons. The number of thiazole rings is 1. The van der Waals surface area contributed by atoms with Gasteiger partial charge in [0, 0.05) is 5.38 Å². The maximum absolute atomic E-state index is 5.97. The van der Waals surface area contributed by atoms with Crippen LogP contribution in [0.2, 0.25) is 0 Å². The van der Waals surface area contributed by atoms with Gasteiger partial charge in [-0.2, -0.15) is 9.47 Å². The van der Waals surface area contributed by atoms with E-state index in [0.717, 1.165) is 27.1 Å². The van der Waals surface area contributed by atoms with E-state index in [0.29, 0.717) is 5.82 Å². The average molecular weight is 307 g/mol. The maximum Gasteiger partial charge on any atom is 0.148 e. The lowest BCUT2D eigenvalue weighted by atomic mass is 10.2. The molecule has 0 aromatic carbocycles. The van der Waals surface area contributed by atoms with Crippen molar-refractivity contribution in [2.45, 2.75) is 19.9 Å². The van der Waals surface area contributed by atoms with Crippen LogP contribution in [-0.4, -0.2) is 24.5 Å². The summed E-state index contributed by atoms with van der Waals surface area (Å²) in [5, 5.41) is 13.9. The zero-order valence-corrected chi connectivity index (χ0v) is 12.5. The van der Waals surface area contributed by atoms with Gasteiger partial charge in [0.05, 0.1) is 22.3 Å². The molecule has 7 nitrogen and oxygen atoms in total. The Labute approximate surface area is 123 Å². The molecule has 3 aromatic heterocycles. The molecule has 0 amide bonds. The van der Waals surface area contributed by atoms with Crippen molar-refractivity contribution in [3.8, 4) is 11.3 Å². The zero-order valence-electron chi connectivity index (χ0n) is 10.9. The summed E-state index contributed by atoms with van der Waals surface area (Å²) in [5.41, 5.74) is 7.67. The van der Waals surface area contributed by atoms with Gasteiger partial charge in [-0.25, -0.2) is 9.97 Å². The Bertz CT molecular complexity index is 700. The third-order valence-electron chi connectivity index (χ3n) is 2.79. The molecule has 0 saturated carbocycles. The molecule has 0 bridgehead atoms. The minimum Gasteiger partial charge on any atom is -0.382 e. The first-order valence-electron chi connectivity index (χ1n) is 5.94. The van der Waals surface area contributed by atoms with E-state index in [1.807, 2.05) is 19.2 Å². The van der Waals surface area contributed by atoms with Crippen LogP contribution in [-0.2, 0) is 0 Å². The van der Waals surface area contributed by atoms with Gasteiger partial charge in [-0.3, -0.25) is 5.10 Å². The highest BCUT2D eigenvalue weighted by molar-refractivity contribution is 7.11. The number of anilines is 2. The summed E-state index contributed by atoms with van der Waals surface area (Å²) in [6.07, 6.45) is 1.49. The van der Waals surface area contributed by atoms with Crippen LogP contribution in [0.4, 0.5) is 10.8 Å². The Morgan fingerprint density at radius 1 is 1.45 bits per heavy atom. The molecule has 0 aliphatic rings. The molecule has 0 aliphatic carbocycles. The van der Waals surface area contributed by atoms with Crippen molar-refractivity contribution in [3.05, 3.63) is 22.5 Å². The standard InChI is InChI=1S/C11H13N7S2/c1-5(10-13-4-14-17-10)15-11-8(9(12)18-20-11)7-3-19-6(2)16-7/h3-5,15H,1-2H3,(H2,12,18)(H,13,14,17). The number of nitrogen functional groups attached to an aromatic ring is 1. The summed E-state index contributed by atoms with van der Waals surface area (Å²) in [4.78, 5) is 8.61. The van der Waals surface area contributed by atoms with E-state index in [1.165, 1.54) is 17.9 Å². The molecule has 3 rings (SSSR count). The van der Waals surface area contributed by atoms with Crippen molar-refractivity contribution < 1.29 is 0 Å². The topological polar surface area (TPSA) is 105 Å². The molecule has 9 heteroatoms. The predicted octanol–water partition coefficient (Wildman–Crippen LogP) is 2.45. The van der Waals surface area contributed by atoms with Crippen LogP contribution in [0.5, 0.6) is 0 Å². The fraction of sp³-hybridized carbons (Fsp3) is 0.273. The Balaban J connectivity index is 1.91. The van der Waals surface area contributed by atoms with E-state index in [9.17, 15) is 0 Å². The summed E-state index contributed by atoms with van der Waals surface area (Å²) in [5.74, 6) is 1.25. The highest BCUT2D eigenvalue weighted by atomic mass is 32.1. The second-order valence-corrected chi connectivity index (χ2v) is 6.10. The maximum atomic E-state index is 5.97. The van der Waals surface area contributed by atoms with Crippen molar-refractivity contribution in [2.75, 3.05) is 11.1 Å². The summed E-state index contributed by atoms with van der Waals surface area (Å²) in [6, 6.07) is -0.0177. The molecule has 1 atom stereocenters. The lowest BCUT2D eigenvalue weighted by Crippen LogP contribution is -2.08. The molecule has 1 unspecified atom stereocenters. The summed E-state index contributed by atoms with van der Waals surface area (Å²) < 4.78 is 4.21. The molecule has 3 aromatic rings. The van der Waals surface area contributed by atoms with E-state index >= 15 is 0 Å². The summed E-state index contributed by atoms with van der Waals surface area (Å²) in [7, 11) is 0. The van der Waals surface area contributed by atoms with E-state index in [-0.39, 0.29) is 6.04 Å². The lowest BCUT2D eigenvalue weighted by Gasteiger charge is -2.11. The first kappa shape index (κ1) is 13.0. The molecule has 0 aliphatic heterocycles. The van der Waals surface area contributed by atoms with Gasteiger partial charge >= 0.3 is 0 Å². The molecular formula is C11H13N7S2. The van der Waals surface area contributed by atoms with E-state index in [4.69, 9.17) is 5.73 Å². The quantitative estimate of drug-likeness (QED) is 0.683. The minimum absolute atomic E-state index is 0.0177. The van der Waals surface area contributed by atoms with Crippen LogP contribution in [0, 0.1) is 6.92 Å². The fourth-order valence-corrected chi connectivity index (χ4v) is 3.23. The van der Waals surface area contributed by atoms with Crippen molar-refractivity contribution in [1.82, 2.24) is 24.5 Å². The summed E-state index contributed by atoms with van der Waals surface area (Å²) >= 11 is 2.91. The number of nitrogens with zero attached hydrogens (tertiary/aromatic N) is 4. The van der Waals surface area contributed by atoms with Gasteiger partial charge in [0.15, 0.2) is 0 Å². The average Bonchev–Trinajstić information content (AvgIpc) is 3.11. The number of rotatable bonds is 4. The second-order valence-electron chi connectivity index (χ2n) is 4.26. The fourth-order valence-electron chi connectivity index (χ4n) is 1.82. The second kappa shape index (κ2) is 5.17. The van der Waals surface area contributed by atoms with Gasteiger partial charge in [0.25, 0.3) is 0 Å². The SMILES string of the molecule is Cc1nc(-c2c(N)nsc2NC(C)c2ncn[nH]2)cs1. The Morgan fingerprint density at radius 3 is 2.95 bits per heavy atom. The van der Waals surface area contributed by atoms with Crippen LogP contribution < -0.4 is 11.1 Å². The number of hydrogen-bond acceptors (Lipinski definition) is 8. The molecule has 0 fully saturated rings. The number of nitrogens with two attached hydrogens (primary N) is 1. The highest BCUT2D eigenvalue weighted by Crippen LogP contribution is 2.38. The van der Waals surface area contributed by atoms with E-state index in [1.54, 1.807) is 11.3 Å². The van der Waals surface area contributed by atoms with Gasteiger partial charge in [-0.05, 0) is 25.4 Å². The highest BCUT2D eigenvalue weighted by Gasteiger charge is 2.19. The first-order valence-corrected chi connectivity index (χ1v) is 7.60. The van der Waals surface area contributed by atoms with Gasteiger partial charge in [0.1, 0.15) is 23.0 Å². The molecule has 104 valence electrons. The molecule has 4 N–H and O–H groups in total. The lowest BCUT2D eigenvalue weighted by molar-refractivity contribution is 0.799. The van der Waals surface area contributed by atoms with Crippen molar-refractivity contribution >= 4 is 33.7 Å². The van der Waals surface area contributed by atoms with Crippen LogP contribution in [0.1, 0.15) is 23.8 Å². The third-order valence-corrected chi connectivity index (χ3v) is 4.35. The minimum atomic E-state index is -0.0177. The monoisotopic (exact) mass is 307 g/mol. The molecule has 0 spiro atoms. The summed E-state index contributed by atoms with van der Waals surface area (Å²) in [6.45, 7) is 3.96. The van der Waals surface area contributed by atoms with Crippen LogP contribution in [0.15, 0.2) is 11.7 Å². The largest absolute Gasteiger partial charge is 0.382 e. The number of nitrogens with one attached hydrogen (secondary N) is 2. The number of aromatic amines is 1. The van der Waals surface area contributed by atoms with Gasteiger partial charge < -0.3 is 11.1 Å². The van der Waals surface area contributed by atoms with Crippen LogP contribution >= 0.6 is 22.9 Å². The first-order chi connectivity index (χ1) is 9.65.